The van der Waals surface area contributed by atoms with Gasteiger partial charge in [0.15, 0.2) is 0 Å². The van der Waals surface area contributed by atoms with Crippen LogP contribution in [0.1, 0.15) is 61.8 Å². The van der Waals surface area contributed by atoms with E-state index in [2.05, 4.69) is 110 Å². The molecular formula is C32H40N2O. The normalized spacial score (nSPS) is 24.0. The lowest BCUT2D eigenvalue weighted by molar-refractivity contribution is 0.00462. The molecule has 3 aromatic rings. The molecule has 3 heteroatoms. The molecule has 3 nitrogen and oxygen atoms in total. The summed E-state index contributed by atoms with van der Waals surface area (Å²) >= 11 is 0. The van der Waals surface area contributed by atoms with Gasteiger partial charge < -0.3 is 10.1 Å². The minimum Gasteiger partial charge on any atom is -0.496 e. The molecule has 3 heterocycles. The van der Waals surface area contributed by atoms with Gasteiger partial charge in [0.05, 0.1) is 7.11 Å². The third-order valence-electron chi connectivity index (χ3n) is 8.21. The number of nitrogens with one attached hydrogen (secondary N) is 1. The van der Waals surface area contributed by atoms with Gasteiger partial charge in [-0.3, -0.25) is 4.90 Å². The second kappa shape index (κ2) is 10.2. The Balaban J connectivity index is 1.48. The zero-order valence-corrected chi connectivity index (χ0v) is 21.7. The van der Waals surface area contributed by atoms with E-state index in [0.29, 0.717) is 23.9 Å². The summed E-state index contributed by atoms with van der Waals surface area (Å²) in [7, 11) is 1.79. The Labute approximate surface area is 211 Å². The SMILES string of the molecule is COc1ccc(C(C)(C)C)cc1CN[C@H]1C2CCN(CC2)[C@@H]1C(c1ccccc1)c1ccccc1. The molecule has 0 saturated carbocycles. The molecule has 0 aliphatic carbocycles. The lowest BCUT2D eigenvalue weighted by Crippen LogP contribution is -2.64. The highest BCUT2D eigenvalue weighted by Gasteiger charge is 2.46. The summed E-state index contributed by atoms with van der Waals surface area (Å²) in [5, 5.41) is 4.07. The van der Waals surface area contributed by atoms with Gasteiger partial charge in [-0.15, -0.1) is 0 Å². The summed E-state index contributed by atoms with van der Waals surface area (Å²) in [6.07, 6.45) is 2.56. The Kier molecular flexibility index (Phi) is 7.00. The first-order valence-electron chi connectivity index (χ1n) is 13.2. The van der Waals surface area contributed by atoms with Crippen LogP contribution < -0.4 is 10.1 Å². The summed E-state index contributed by atoms with van der Waals surface area (Å²) < 4.78 is 5.78. The van der Waals surface area contributed by atoms with Crippen molar-refractivity contribution >= 4 is 0 Å². The molecule has 0 spiro atoms. The molecule has 0 aromatic heterocycles. The van der Waals surface area contributed by atoms with Crippen LogP contribution in [0.25, 0.3) is 0 Å². The number of ether oxygens (including phenoxy) is 1. The molecule has 3 fully saturated rings. The molecule has 2 atom stereocenters. The van der Waals surface area contributed by atoms with E-state index in [0.717, 1.165) is 12.3 Å². The summed E-state index contributed by atoms with van der Waals surface area (Å²) in [6.45, 7) is 10.1. The molecule has 3 aliphatic heterocycles. The molecule has 3 aromatic carbocycles. The van der Waals surface area contributed by atoms with Crippen LogP contribution in [0, 0.1) is 5.92 Å². The molecule has 0 amide bonds. The maximum atomic E-state index is 5.78. The van der Waals surface area contributed by atoms with Crippen LogP contribution in [-0.2, 0) is 12.0 Å². The quantitative estimate of drug-likeness (QED) is 0.436. The van der Waals surface area contributed by atoms with Gasteiger partial charge >= 0.3 is 0 Å². The van der Waals surface area contributed by atoms with Gasteiger partial charge in [-0.2, -0.15) is 0 Å². The summed E-state index contributed by atoms with van der Waals surface area (Å²) in [5.41, 5.74) is 5.55. The molecular weight excluding hydrogens is 428 g/mol. The predicted molar refractivity (Wildman–Crippen MR) is 145 cm³/mol. The van der Waals surface area contributed by atoms with E-state index in [4.69, 9.17) is 4.74 Å². The second-order valence-electron chi connectivity index (χ2n) is 11.3. The van der Waals surface area contributed by atoms with Crippen LogP contribution in [0.5, 0.6) is 5.75 Å². The predicted octanol–water partition coefficient (Wildman–Crippen LogP) is 6.38. The minimum absolute atomic E-state index is 0.116. The monoisotopic (exact) mass is 468 g/mol. The average Bonchev–Trinajstić information content (AvgIpc) is 2.89. The van der Waals surface area contributed by atoms with Crippen LogP contribution in [-0.4, -0.2) is 37.2 Å². The van der Waals surface area contributed by atoms with Gasteiger partial charge in [0.2, 0.25) is 0 Å². The van der Waals surface area contributed by atoms with Gasteiger partial charge in [0.1, 0.15) is 5.75 Å². The second-order valence-corrected chi connectivity index (χ2v) is 11.3. The van der Waals surface area contributed by atoms with Crippen molar-refractivity contribution in [1.29, 1.82) is 0 Å². The number of rotatable bonds is 7. The van der Waals surface area contributed by atoms with Gasteiger partial charge in [0, 0.05) is 30.1 Å². The fourth-order valence-corrected chi connectivity index (χ4v) is 6.31. The zero-order chi connectivity index (χ0) is 24.4. The van der Waals surface area contributed by atoms with Crippen molar-refractivity contribution in [2.24, 2.45) is 5.92 Å². The molecule has 0 radical (unpaired) electrons. The number of hydrogen-bond acceptors (Lipinski definition) is 3. The Morgan fingerprint density at radius 1 is 0.886 bits per heavy atom. The van der Waals surface area contributed by atoms with Crippen LogP contribution in [0.15, 0.2) is 78.9 Å². The highest BCUT2D eigenvalue weighted by Crippen LogP contribution is 2.42. The molecule has 184 valence electrons. The number of nitrogens with zero attached hydrogens (tertiary/aromatic N) is 1. The van der Waals surface area contributed by atoms with Gasteiger partial charge in [-0.25, -0.2) is 0 Å². The topological polar surface area (TPSA) is 24.5 Å². The van der Waals surface area contributed by atoms with Crippen LogP contribution in [0.2, 0.25) is 0 Å². The Hall–Kier alpha value is -2.62. The first-order chi connectivity index (χ1) is 17.0. The lowest BCUT2D eigenvalue weighted by Gasteiger charge is -2.54. The summed E-state index contributed by atoms with van der Waals surface area (Å²) in [6, 6.07) is 29.8. The fraction of sp³-hybridized carbons (Fsp3) is 0.438. The van der Waals surface area contributed by atoms with E-state index in [1.165, 1.54) is 48.2 Å². The van der Waals surface area contributed by atoms with Gasteiger partial charge in [-0.05, 0) is 60.0 Å². The van der Waals surface area contributed by atoms with E-state index in [1.807, 2.05) is 0 Å². The maximum absolute atomic E-state index is 5.78. The average molecular weight is 469 g/mol. The molecule has 2 bridgehead atoms. The molecule has 3 aliphatic rings. The zero-order valence-electron chi connectivity index (χ0n) is 21.7. The standard InChI is InChI=1S/C32H40N2O/c1-32(2,3)27-15-16-28(35-4)26(21-27)22-33-30-25-17-19-34(20-18-25)31(30)29(23-11-7-5-8-12-23)24-13-9-6-10-14-24/h5-16,21,25,29-31,33H,17-20,22H2,1-4H3/t30-,31+/m0/s1. The van der Waals surface area contributed by atoms with Crippen molar-refractivity contribution in [2.75, 3.05) is 20.2 Å². The van der Waals surface area contributed by atoms with Crippen LogP contribution >= 0.6 is 0 Å². The maximum Gasteiger partial charge on any atom is 0.123 e. The summed E-state index contributed by atoms with van der Waals surface area (Å²) in [5.74, 6) is 2.03. The fourth-order valence-electron chi connectivity index (χ4n) is 6.31. The van der Waals surface area contributed by atoms with Crippen LogP contribution in [0.3, 0.4) is 0 Å². The molecule has 0 unspecified atom stereocenters. The molecule has 6 rings (SSSR count). The van der Waals surface area contributed by atoms with Crippen LogP contribution in [0.4, 0.5) is 0 Å². The number of methoxy groups -OCH3 is 1. The van der Waals surface area contributed by atoms with Crippen molar-refractivity contribution in [2.45, 2.75) is 63.6 Å². The van der Waals surface area contributed by atoms with E-state index in [1.54, 1.807) is 7.11 Å². The van der Waals surface area contributed by atoms with Gasteiger partial charge in [0.25, 0.3) is 0 Å². The third kappa shape index (κ3) is 5.03. The van der Waals surface area contributed by atoms with Crippen molar-refractivity contribution in [3.8, 4) is 5.75 Å². The Bertz CT molecular complexity index is 1060. The largest absolute Gasteiger partial charge is 0.496 e. The Morgan fingerprint density at radius 2 is 1.49 bits per heavy atom. The van der Waals surface area contributed by atoms with Crippen molar-refractivity contribution < 1.29 is 4.74 Å². The molecule has 35 heavy (non-hydrogen) atoms. The van der Waals surface area contributed by atoms with Crippen molar-refractivity contribution in [3.05, 3.63) is 101 Å². The Morgan fingerprint density at radius 3 is 2.03 bits per heavy atom. The summed E-state index contributed by atoms with van der Waals surface area (Å²) in [4.78, 5) is 2.76. The lowest BCUT2D eigenvalue weighted by atomic mass is 9.70. The number of piperidine rings is 3. The number of fused-ring (bicyclic) bond motifs is 3. The van der Waals surface area contributed by atoms with E-state index in [9.17, 15) is 0 Å². The molecule has 1 N–H and O–H groups in total. The minimum atomic E-state index is 0.116. The smallest absolute Gasteiger partial charge is 0.123 e. The first kappa shape index (κ1) is 24.1. The first-order valence-corrected chi connectivity index (χ1v) is 13.2. The number of hydrogen-bond donors (Lipinski definition) is 1. The van der Waals surface area contributed by atoms with Gasteiger partial charge in [-0.1, -0.05) is 93.6 Å². The van der Waals surface area contributed by atoms with Crippen molar-refractivity contribution in [3.63, 3.8) is 0 Å². The van der Waals surface area contributed by atoms with Crippen molar-refractivity contribution in [1.82, 2.24) is 10.2 Å². The highest BCUT2D eigenvalue weighted by atomic mass is 16.5. The third-order valence-corrected chi connectivity index (χ3v) is 8.21. The molecule has 3 saturated heterocycles. The van der Waals surface area contributed by atoms with E-state index >= 15 is 0 Å². The van der Waals surface area contributed by atoms with E-state index < -0.39 is 0 Å². The number of benzene rings is 3. The van der Waals surface area contributed by atoms with E-state index in [-0.39, 0.29) is 5.41 Å². The highest BCUT2D eigenvalue weighted by molar-refractivity contribution is 5.40.